The first kappa shape index (κ1) is 13.6. The lowest BCUT2D eigenvalue weighted by atomic mass is 10.2. The van der Waals surface area contributed by atoms with Crippen LogP contribution in [0.3, 0.4) is 0 Å². The summed E-state index contributed by atoms with van der Waals surface area (Å²) >= 11 is 0. The van der Waals surface area contributed by atoms with Gasteiger partial charge in [-0.25, -0.2) is 0 Å². The minimum atomic E-state index is 0.451. The van der Waals surface area contributed by atoms with Crippen LogP contribution >= 0.6 is 0 Å². The van der Waals surface area contributed by atoms with Crippen molar-refractivity contribution >= 4 is 0 Å². The van der Waals surface area contributed by atoms with E-state index in [2.05, 4.69) is 42.1 Å². The van der Waals surface area contributed by atoms with Crippen molar-refractivity contribution in [1.29, 1.82) is 0 Å². The molecule has 0 radical (unpaired) electrons. The van der Waals surface area contributed by atoms with Crippen molar-refractivity contribution in [1.82, 2.24) is 15.1 Å². The molecule has 2 heterocycles. The molecule has 1 N–H and O–H groups in total. The smallest absolute Gasteiger partial charge is 0.0638 e. The molecule has 4 nitrogen and oxygen atoms in total. The third-order valence-corrected chi connectivity index (χ3v) is 3.45. The minimum Gasteiger partial charge on any atom is -0.378 e. The first-order valence-electron chi connectivity index (χ1n) is 7.03. The van der Waals surface area contributed by atoms with Crippen LogP contribution in [-0.2, 0) is 17.8 Å². The van der Waals surface area contributed by atoms with Gasteiger partial charge in [0.05, 0.1) is 11.8 Å². The third kappa shape index (κ3) is 3.82. The third-order valence-electron chi connectivity index (χ3n) is 3.45. The Hall–Kier alpha value is -0.870. The summed E-state index contributed by atoms with van der Waals surface area (Å²) < 4.78 is 7.70. The zero-order valence-corrected chi connectivity index (χ0v) is 11.8. The Balaban J connectivity index is 1.83. The average molecular weight is 251 g/mol. The summed E-state index contributed by atoms with van der Waals surface area (Å²) in [5.41, 5.74) is 2.44. The van der Waals surface area contributed by atoms with Gasteiger partial charge in [-0.05, 0) is 26.2 Å². The summed E-state index contributed by atoms with van der Waals surface area (Å²) in [6, 6.07) is 0.514. The Morgan fingerprint density at radius 1 is 1.56 bits per heavy atom. The summed E-state index contributed by atoms with van der Waals surface area (Å²) in [6.45, 7) is 9.22. The molecule has 1 saturated heterocycles. The second kappa shape index (κ2) is 6.34. The van der Waals surface area contributed by atoms with Crippen molar-refractivity contribution in [2.75, 3.05) is 6.61 Å². The van der Waals surface area contributed by atoms with Crippen LogP contribution in [0.5, 0.6) is 0 Å². The molecule has 1 aliphatic rings. The zero-order valence-electron chi connectivity index (χ0n) is 11.8. The van der Waals surface area contributed by atoms with E-state index in [0.717, 1.165) is 31.8 Å². The van der Waals surface area contributed by atoms with Crippen LogP contribution in [0.15, 0.2) is 6.20 Å². The summed E-state index contributed by atoms with van der Waals surface area (Å²) in [5.74, 6) is 0. The van der Waals surface area contributed by atoms with Crippen LogP contribution in [0.1, 0.15) is 44.4 Å². The number of nitrogens with zero attached hydrogens (tertiary/aromatic N) is 2. The van der Waals surface area contributed by atoms with Gasteiger partial charge in [0.15, 0.2) is 0 Å². The van der Waals surface area contributed by atoms with Crippen LogP contribution in [0.2, 0.25) is 0 Å². The molecule has 0 aromatic carbocycles. The molecule has 1 atom stereocenters. The molecule has 1 unspecified atom stereocenters. The minimum absolute atomic E-state index is 0.451. The Kier molecular flexibility index (Phi) is 4.78. The van der Waals surface area contributed by atoms with E-state index >= 15 is 0 Å². The molecule has 0 aliphatic carbocycles. The van der Waals surface area contributed by atoms with Crippen LogP contribution in [0, 0.1) is 6.92 Å². The first-order valence-corrected chi connectivity index (χ1v) is 7.03. The normalized spacial score (nSPS) is 19.9. The van der Waals surface area contributed by atoms with Crippen LogP contribution in [0.4, 0.5) is 0 Å². The van der Waals surface area contributed by atoms with Crippen molar-refractivity contribution in [2.45, 2.75) is 65.3 Å². The number of aryl methyl sites for hydroxylation is 2. The predicted molar refractivity (Wildman–Crippen MR) is 72.5 cm³/mol. The molecule has 0 spiro atoms. The Labute approximate surface area is 110 Å². The van der Waals surface area contributed by atoms with Crippen LogP contribution in [-0.4, -0.2) is 28.5 Å². The number of hydrogen-bond donors (Lipinski definition) is 1. The lowest BCUT2D eigenvalue weighted by Crippen LogP contribution is -2.21. The van der Waals surface area contributed by atoms with E-state index in [1.807, 2.05) is 0 Å². The maximum Gasteiger partial charge on any atom is 0.0638 e. The van der Waals surface area contributed by atoms with Crippen molar-refractivity contribution in [3.8, 4) is 0 Å². The van der Waals surface area contributed by atoms with Crippen molar-refractivity contribution < 1.29 is 4.74 Å². The van der Waals surface area contributed by atoms with Gasteiger partial charge in [-0.15, -0.1) is 0 Å². The van der Waals surface area contributed by atoms with Gasteiger partial charge in [0.2, 0.25) is 0 Å². The van der Waals surface area contributed by atoms with Crippen molar-refractivity contribution in [3.05, 3.63) is 17.5 Å². The van der Waals surface area contributed by atoms with Gasteiger partial charge < -0.3 is 10.1 Å². The second-order valence-corrected chi connectivity index (χ2v) is 5.46. The summed E-state index contributed by atoms with van der Waals surface area (Å²) in [6.07, 6.45) is 6.12. The Morgan fingerprint density at radius 3 is 3.06 bits per heavy atom. The number of ether oxygens (including phenoxy) is 1. The highest BCUT2D eigenvalue weighted by atomic mass is 16.5. The van der Waals surface area contributed by atoms with Crippen molar-refractivity contribution in [3.63, 3.8) is 0 Å². The molecule has 1 aromatic heterocycles. The highest BCUT2D eigenvalue weighted by Crippen LogP contribution is 2.16. The number of nitrogens with one attached hydrogen (secondary N) is 1. The number of aromatic nitrogens is 2. The zero-order chi connectivity index (χ0) is 13.0. The maximum absolute atomic E-state index is 5.64. The molecular weight excluding hydrogens is 226 g/mol. The lowest BCUT2D eigenvalue weighted by Gasteiger charge is -2.08. The molecule has 0 amide bonds. The van der Waals surface area contributed by atoms with Gasteiger partial charge in [0, 0.05) is 37.5 Å². The van der Waals surface area contributed by atoms with Gasteiger partial charge in [-0.3, -0.25) is 4.68 Å². The van der Waals surface area contributed by atoms with E-state index < -0.39 is 0 Å². The van der Waals surface area contributed by atoms with Gasteiger partial charge in [-0.2, -0.15) is 5.10 Å². The number of hydrogen-bond acceptors (Lipinski definition) is 3. The second-order valence-electron chi connectivity index (χ2n) is 5.46. The SMILES string of the molecule is Cc1nn(CCC2CCCO2)cc1CNC(C)C. The highest BCUT2D eigenvalue weighted by molar-refractivity contribution is 5.15. The van der Waals surface area contributed by atoms with Gasteiger partial charge in [0.25, 0.3) is 0 Å². The van der Waals surface area contributed by atoms with E-state index in [9.17, 15) is 0 Å². The molecule has 102 valence electrons. The summed E-state index contributed by atoms with van der Waals surface area (Å²) in [5, 5.41) is 8.01. The summed E-state index contributed by atoms with van der Waals surface area (Å²) in [7, 11) is 0. The van der Waals surface area contributed by atoms with Gasteiger partial charge >= 0.3 is 0 Å². The molecule has 1 aromatic rings. The fourth-order valence-corrected chi connectivity index (χ4v) is 2.31. The Morgan fingerprint density at radius 2 is 2.39 bits per heavy atom. The molecule has 1 aliphatic heterocycles. The van der Waals surface area contributed by atoms with E-state index in [-0.39, 0.29) is 0 Å². The highest BCUT2D eigenvalue weighted by Gasteiger charge is 2.15. The fourth-order valence-electron chi connectivity index (χ4n) is 2.31. The van der Waals surface area contributed by atoms with E-state index in [0.29, 0.717) is 12.1 Å². The Bertz CT molecular complexity index is 367. The van der Waals surface area contributed by atoms with E-state index in [1.54, 1.807) is 0 Å². The van der Waals surface area contributed by atoms with Gasteiger partial charge in [-0.1, -0.05) is 13.8 Å². The maximum atomic E-state index is 5.64. The average Bonchev–Trinajstić information content (AvgIpc) is 2.93. The molecular formula is C14H25N3O. The quantitative estimate of drug-likeness (QED) is 0.843. The molecule has 4 heteroatoms. The van der Waals surface area contributed by atoms with E-state index in [4.69, 9.17) is 4.74 Å². The monoisotopic (exact) mass is 251 g/mol. The molecule has 0 saturated carbocycles. The molecule has 0 bridgehead atoms. The predicted octanol–water partition coefficient (Wildman–Crippen LogP) is 2.26. The van der Waals surface area contributed by atoms with E-state index in [1.165, 1.54) is 18.4 Å². The summed E-state index contributed by atoms with van der Waals surface area (Å²) in [4.78, 5) is 0. The number of rotatable bonds is 6. The van der Waals surface area contributed by atoms with Gasteiger partial charge in [0.1, 0.15) is 0 Å². The fraction of sp³-hybridized carbons (Fsp3) is 0.786. The van der Waals surface area contributed by atoms with Crippen LogP contribution < -0.4 is 5.32 Å². The first-order chi connectivity index (χ1) is 8.65. The molecule has 18 heavy (non-hydrogen) atoms. The standard InChI is InChI=1S/C14H25N3O/c1-11(2)15-9-13-10-17(16-12(13)3)7-6-14-5-4-8-18-14/h10-11,14-15H,4-9H2,1-3H3. The lowest BCUT2D eigenvalue weighted by molar-refractivity contribution is 0.0994. The van der Waals surface area contributed by atoms with Crippen LogP contribution in [0.25, 0.3) is 0 Å². The largest absolute Gasteiger partial charge is 0.378 e. The molecule has 2 rings (SSSR count). The van der Waals surface area contributed by atoms with Crippen molar-refractivity contribution in [2.24, 2.45) is 0 Å². The molecule has 1 fully saturated rings. The topological polar surface area (TPSA) is 39.1 Å².